The van der Waals surface area contributed by atoms with Gasteiger partial charge < -0.3 is 5.32 Å². The van der Waals surface area contributed by atoms with Crippen LogP contribution in [0.4, 0.5) is 0 Å². The molecular weight excluding hydrogens is 214 g/mol. The highest BCUT2D eigenvalue weighted by Crippen LogP contribution is 2.14. The van der Waals surface area contributed by atoms with Gasteiger partial charge in [-0.25, -0.2) is 0 Å². The van der Waals surface area contributed by atoms with E-state index >= 15 is 0 Å². The van der Waals surface area contributed by atoms with E-state index in [1.807, 2.05) is 5.38 Å². The molecule has 3 nitrogen and oxygen atoms in total. The zero-order chi connectivity index (χ0) is 9.80. The Hall–Kier alpha value is -0.780. The highest BCUT2D eigenvalue weighted by Gasteiger charge is 2.00. The van der Waals surface area contributed by atoms with Crippen LogP contribution in [0, 0.1) is 6.92 Å². The van der Waals surface area contributed by atoms with Gasteiger partial charge in [0.25, 0.3) is 0 Å². The molecule has 0 saturated carbocycles. The van der Waals surface area contributed by atoms with E-state index in [0.717, 1.165) is 18.8 Å². The average molecular weight is 225 g/mol. The van der Waals surface area contributed by atoms with Crippen LogP contribution in [0.25, 0.3) is 0 Å². The first kappa shape index (κ1) is 9.76. The lowest BCUT2D eigenvalue weighted by atomic mass is 10.3. The lowest BCUT2D eigenvalue weighted by molar-refractivity contribution is 0.682. The predicted octanol–water partition coefficient (Wildman–Crippen LogP) is 2.20. The quantitative estimate of drug-likeness (QED) is 0.867. The van der Waals surface area contributed by atoms with Gasteiger partial charge >= 0.3 is 0 Å². The van der Waals surface area contributed by atoms with Crippen molar-refractivity contribution in [3.05, 3.63) is 33.0 Å². The zero-order valence-corrected chi connectivity index (χ0v) is 9.49. The number of aromatic nitrogens is 2. The van der Waals surface area contributed by atoms with Crippen molar-refractivity contribution in [2.75, 3.05) is 0 Å². The minimum Gasteiger partial charge on any atom is -0.306 e. The van der Waals surface area contributed by atoms with E-state index in [4.69, 9.17) is 0 Å². The van der Waals surface area contributed by atoms with Crippen molar-refractivity contribution in [2.45, 2.75) is 20.0 Å². The first-order valence-electron chi connectivity index (χ1n) is 4.36. The van der Waals surface area contributed by atoms with Gasteiger partial charge in [-0.3, -0.25) is 0 Å². The topological polar surface area (TPSA) is 37.8 Å². The summed E-state index contributed by atoms with van der Waals surface area (Å²) in [5.74, 6) is 0. The Morgan fingerprint density at radius 2 is 2.36 bits per heavy atom. The third kappa shape index (κ3) is 2.37. The van der Waals surface area contributed by atoms with Gasteiger partial charge in [0, 0.05) is 23.3 Å². The molecule has 0 aliphatic rings. The number of thiophene rings is 1. The average Bonchev–Trinajstić information content (AvgIpc) is 2.78. The summed E-state index contributed by atoms with van der Waals surface area (Å²) >= 11 is 3.18. The maximum Gasteiger partial charge on any atom is 0.0893 e. The number of rotatable bonds is 4. The number of hydrogen-bond donors (Lipinski definition) is 1. The molecular formula is C9H11N3S2. The van der Waals surface area contributed by atoms with Crippen molar-refractivity contribution in [1.82, 2.24) is 14.9 Å². The molecule has 0 aliphatic carbocycles. The SMILES string of the molecule is Cc1ccsc1CNCc1csnn1. The number of hydrogen-bond acceptors (Lipinski definition) is 5. The molecule has 2 aromatic rings. The summed E-state index contributed by atoms with van der Waals surface area (Å²) in [6, 6.07) is 2.14. The highest BCUT2D eigenvalue weighted by atomic mass is 32.1. The van der Waals surface area contributed by atoms with E-state index in [2.05, 4.69) is 33.3 Å². The third-order valence-electron chi connectivity index (χ3n) is 1.96. The van der Waals surface area contributed by atoms with Gasteiger partial charge in [0.2, 0.25) is 0 Å². The van der Waals surface area contributed by atoms with Crippen LogP contribution in [-0.4, -0.2) is 9.59 Å². The Morgan fingerprint density at radius 3 is 3.00 bits per heavy atom. The van der Waals surface area contributed by atoms with Gasteiger partial charge in [-0.2, -0.15) is 0 Å². The van der Waals surface area contributed by atoms with Gasteiger partial charge in [0.05, 0.1) is 5.69 Å². The molecule has 14 heavy (non-hydrogen) atoms. The van der Waals surface area contributed by atoms with Crippen molar-refractivity contribution >= 4 is 22.9 Å². The van der Waals surface area contributed by atoms with Crippen LogP contribution in [-0.2, 0) is 13.1 Å². The molecule has 0 aromatic carbocycles. The smallest absolute Gasteiger partial charge is 0.0893 e. The van der Waals surface area contributed by atoms with Crippen molar-refractivity contribution < 1.29 is 0 Å². The monoisotopic (exact) mass is 225 g/mol. The van der Waals surface area contributed by atoms with Gasteiger partial charge in [0.15, 0.2) is 0 Å². The van der Waals surface area contributed by atoms with Crippen LogP contribution in [0.1, 0.15) is 16.1 Å². The Kier molecular flexibility index (Phi) is 3.23. The Morgan fingerprint density at radius 1 is 1.43 bits per heavy atom. The number of nitrogens with one attached hydrogen (secondary N) is 1. The molecule has 0 spiro atoms. The molecule has 2 heterocycles. The molecule has 0 radical (unpaired) electrons. The highest BCUT2D eigenvalue weighted by molar-refractivity contribution is 7.10. The van der Waals surface area contributed by atoms with Crippen LogP contribution in [0.15, 0.2) is 16.8 Å². The van der Waals surface area contributed by atoms with Gasteiger partial charge in [0.1, 0.15) is 0 Å². The third-order valence-corrected chi connectivity index (χ3v) is 3.54. The van der Waals surface area contributed by atoms with Crippen LogP contribution >= 0.6 is 22.9 Å². The molecule has 0 atom stereocenters. The van der Waals surface area contributed by atoms with Gasteiger partial charge in [-0.15, -0.1) is 16.4 Å². The second-order valence-corrected chi connectivity index (χ2v) is 4.64. The normalized spacial score (nSPS) is 10.6. The Labute approximate surface area is 91.0 Å². The van der Waals surface area contributed by atoms with Crippen molar-refractivity contribution in [2.24, 2.45) is 0 Å². The number of aryl methyl sites for hydroxylation is 1. The largest absolute Gasteiger partial charge is 0.306 e. The minimum atomic E-state index is 0.799. The molecule has 0 bridgehead atoms. The molecule has 2 aromatic heterocycles. The van der Waals surface area contributed by atoms with Crippen LogP contribution in [0.5, 0.6) is 0 Å². The van der Waals surface area contributed by atoms with E-state index in [-0.39, 0.29) is 0 Å². The van der Waals surface area contributed by atoms with E-state index in [1.165, 1.54) is 22.0 Å². The molecule has 1 N–H and O–H groups in total. The predicted molar refractivity (Wildman–Crippen MR) is 59.5 cm³/mol. The van der Waals surface area contributed by atoms with E-state index in [0.29, 0.717) is 0 Å². The maximum atomic E-state index is 3.97. The van der Waals surface area contributed by atoms with Crippen LogP contribution < -0.4 is 5.32 Å². The molecule has 0 saturated heterocycles. The van der Waals surface area contributed by atoms with E-state index in [1.54, 1.807) is 11.3 Å². The summed E-state index contributed by atoms with van der Waals surface area (Å²) in [6.45, 7) is 3.85. The summed E-state index contributed by atoms with van der Waals surface area (Å²) < 4.78 is 3.81. The summed E-state index contributed by atoms with van der Waals surface area (Å²) in [7, 11) is 0. The molecule has 2 rings (SSSR count). The van der Waals surface area contributed by atoms with Crippen molar-refractivity contribution in [3.8, 4) is 0 Å². The van der Waals surface area contributed by atoms with Crippen molar-refractivity contribution in [1.29, 1.82) is 0 Å². The van der Waals surface area contributed by atoms with E-state index < -0.39 is 0 Å². The summed E-state index contributed by atoms with van der Waals surface area (Å²) in [4.78, 5) is 1.40. The fourth-order valence-corrected chi connectivity index (χ4v) is 2.48. The van der Waals surface area contributed by atoms with Gasteiger partial charge in [-0.05, 0) is 35.5 Å². The molecule has 0 aliphatic heterocycles. The second kappa shape index (κ2) is 4.63. The van der Waals surface area contributed by atoms with Crippen LogP contribution in [0.3, 0.4) is 0 Å². The standard InChI is InChI=1S/C9H11N3S2/c1-7-2-3-13-9(7)5-10-4-8-6-14-12-11-8/h2-3,6,10H,4-5H2,1H3. The molecule has 0 unspecified atom stereocenters. The fourth-order valence-electron chi connectivity index (χ4n) is 1.15. The summed E-state index contributed by atoms with van der Waals surface area (Å²) in [5, 5.41) is 11.4. The first-order valence-corrected chi connectivity index (χ1v) is 6.07. The number of nitrogens with zero attached hydrogens (tertiary/aromatic N) is 2. The first-order chi connectivity index (χ1) is 6.86. The van der Waals surface area contributed by atoms with Crippen LogP contribution in [0.2, 0.25) is 0 Å². The minimum absolute atomic E-state index is 0.799. The Balaban J connectivity index is 1.81. The molecule has 5 heteroatoms. The lowest BCUT2D eigenvalue weighted by Gasteiger charge is -2.00. The molecule has 0 amide bonds. The lowest BCUT2D eigenvalue weighted by Crippen LogP contribution is -2.12. The summed E-state index contributed by atoms with van der Waals surface area (Å²) in [6.07, 6.45) is 0. The fraction of sp³-hybridized carbons (Fsp3) is 0.333. The zero-order valence-electron chi connectivity index (χ0n) is 7.86. The van der Waals surface area contributed by atoms with E-state index in [9.17, 15) is 0 Å². The molecule has 74 valence electrons. The maximum absolute atomic E-state index is 3.97. The van der Waals surface area contributed by atoms with Gasteiger partial charge in [-0.1, -0.05) is 4.49 Å². The summed E-state index contributed by atoms with van der Waals surface area (Å²) in [5.41, 5.74) is 2.38. The Bertz CT molecular complexity index is 380. The molecule has 0 fully saturated rings. The van der Waals surface area contributed by atoms with Crippen molar-refractivity contribution in [3.63, 3.8) is 0 Å². The second-order valence-electron chi connectivity index (χ2n) is 3.03.